The van der Waals surface area contributed by atoms with E-state index in [-0.39, 0.29) is 93.9 Å². The molecule has 9 atom stereocenters. The molecule has 2 aromatic carbocycles. The summed E-state index contributed by atoms with van der Waals surface area (Å²) in [4.78, 5) is 165. The first-order valence-corrected chi connectivity index (χ1v) is 30.9. The van der Waals surface area contributed by atoms with E-state index < -0.39 is 126 Å². The number of fused-ring (bicyclic) bond motifs is 1. The van der Waals surface area contributed by atoms with Crippen LogP contribution >= 0.6 is 0 Å². The first-order chi connectivity index (χ1) is 44.0. The molecular formula is C62H90N16O15. The maximum Gasteiger partial charge on any atom is 0.300 e. The van der Waals surface area contributed by atoms with Crippen LogP contribution < -0.4 is 59.3 Å². The topological polar surface area (TPSA) is 478 Å². The van der Waals surface area contributed by atoms with Crippen LogP contribution in [0, 0.1) is 5.92 Å². The fourth-order valence-electron chi connectivity index (χ4n) is 10.3. The van der Waals surface area contributed by atoms with Gasteiger partial charge in [0.1, 0.15) is 60.1 Å². The number of imidazole rings is 1. The van der Waals surface area contributed by atoms with Crippen molar-refractivity contribution in [2.75, 3.05) is 32.8 Å². The Kier molecular flexibility index (Phi) is 28.5. The summed E-state index contributed by atoms with van der Waals surface area (Å²) >= 11 is 0. The number of hydrogen-bond acceptors (Lipinski definition) is 16. The van der Waals surface area contributed by atoms with Crippen molar-refractivity contribution in [3.05, 3.63) is 84.1 Å². The second kappa shape index (κ2) is 35.8. The highest BCUT2D eigenvalue weighted by atomic mass is 16.5. The molecule has 0 unspecified atom stereocenters. The third kappa shape index (κ3) is 24.2. The maximum atomic E-state index is 14.8. The maximum absolute atomic E-state index is 14.8. The normalized spacial score (nSPS) is 16.7. The molecule has 2 fully saturated rings. The molecular weight excluding hydrogens is 1210 g/mol. The van der Waals surface area contributed by atoms with E-state index in [0.717, 1.165) is 6.92 Å². The molecule has 0 spiro atoms. The van der Waals surface area contributed by atoms with Gasteiger partial charge >= 0.3 is 0 Å². The molecule has 93 heavy (non-hydrogen) atoms. The minimum atomic E-state index is -1.78. The van der Waals surface area contributed by atoms with Crippen molar-refractivity contribution in [1.82, 2.24) is 67.7 Å². The van der Waals surface area contributed by atoms with E-state index in [0.29, 0.717) is 47.1 Å². The highest BCUT2D eigenvalue weighted by molar-refractivity contribution is 5.99. The summed E-state index contributed by atoms with van der Waals surface area (Å²) < 4.78 is 6.04. The largest absolute Gasteiger partial charge is 0.508 e. The number of ether oxygens (including phenoxy) is 1. The van der Waals surface area contributed by atoms with Gasteiger partial charge in [0.2, 0.25) is 59.1 Å². The number of amides is 10. The number of aromatic nitrogens is 3. The Labute approximate surface area is 538 Å². The summed E-state index contributed by atoms with van der Waals surface area (Å²) in [5.74, 6) is -8.56. The molecule has 0 bridgehead atoms. The van der Waals surface area contributed by atoms with E-state index in [2.05, 4.69) is 67.8 Å². The van der Waals surface area contributed by atoms with Gasteiger partial charge in [-0.25, -0.2) is 4.98 Å². The van der Waals surface area contributed by atoms with Crippen LogP contribution in [0.25, 0.3) is 10.9 Å². The summed E-state index contributed by atoms with van der Waals surface area (Å²) in [6.45, 7) is 10.9. The number of likely N-dealkylation sites (tertiary alicyclic amines) is 1. The number of aromatic amines is 2. The number of rotatable bonds is 32. The van der Waals surface area contributed by atoms with Gasteiger partial charge in [-0.05, 0) is 101 Å². The molecule has 0 radical (unpaired) electrons. The molecule has 4 heterocycles. The summed E-state index contributed by atoms with van der Waals surface area (Å²) in [6.07, 6.45) is 5.56. The third-order valence-corrected chi connectivity index (χ3v) is 14.9. The number of benzene rings is 2. The van der Waals surface area contributed by atoms with Crippen LogP contribution in [0.3, 0.4) is 0 Å². The van der Waals surface area contributed by atoms with E-state index >= 15 is 0 Å². The van der Waals surface area contributed by atoms with Crippen LogP contribution in [0.15, 0.2) is 72.2 Å². The molecule has 2 saturated heterocycles. The predicted molar refractivity (Wildman–Crippen MR) is 340 cm³/mol. The molecule has 2 aliphatic rings. The molecule has 18 N–H and O–H groups in total. The summed E-state index contributed by atoms with van der Waals surface area (Å²) in [5, 5.41) is 53.2. The van der Waals surface area contributed by atoms with Crippen molar-refractivity contribution in [2.24, 2.45) is 22.4 Å². The summed E-state index contributed by atoms with van der Waals surface area (Å²) in [7, 11) is 0. The second-order valence-corrected chi connectivity index (χ2v) is 24.1. The zero-order chi connectivity index (χ0) is 68.5. The van der Waals surface area contributed by atoms with Crippen molar-refractivity contribution in [3.8, 4) is 5.75 Å². The highest BCUT2D eigenvalue weighted by Gasteiger charge is 2.40. The minimum absolute atomic E-state index is 0.0578. The van der Waals surface area contributed by atoms with Crippen LogP contribution in [0.2, 0.25) is 0 Å². The van der Waals surface area contributed by atoms with Gasteiger partial charge in [-0.3, -0.25) is 57.7 Å². The Bertz CT molecular complexity index is 3230. The van der Waals surface area contributed by atoms with Gasteiger partial charge in [-0.15, -0.1) is 0 Å². The first-order valence-electron chi connectivity index (χ1n) is 30.9. The van der Waals surface area contributed by atoms with Crippen LogP contribution in [0.1, 0.15) is 110 Å². The molecule has 2 aromatic heterocycles. The SMILES string of the molecule is CC(=O)O.CCNC(=O)[C@@H]1CCCN1C(=O)[C@H](CCCN=C(N)N)NC(=O)[C@H](CC(C)C)NC(=O)[C@@H](COC(C)(C)C)NC(=O)[C@@H](Cc1ccc(O)cc1)NC(=O)[C@H](CO)NC(=O)[C@H](Cc1c[nH]c2ccccc12)NC(=O)[C@H](Cc1cnc[nH]1)NC(=O)[C@@H]1CCC(=O)N1. The number of phenolic OH excluding ortho intramolecular Hbond substituents is 1. The number of aliphatic imine (C=N–C) groups is 1. The van der Waals surface area contributed by atoms with E-state index in [1.807, 2.05) is 13.8 Å². The number of nitrogens with two attached hydrogens (primary N) is 2. The average molecular weight is 1300 g/mol. The predicted octanol–water partition coefficient (Wildman–Crippen LogP) is -1.58. The number of para-hydroxylation sites is 1. The summed E-state index contributed by atoms with van der Waals surface area (Å²) in [6, 6.07) is 1.02. The lowest BCUT2D eigenvalue weighted by molar-refractivity contribution is -0.142. The monoisotopic (exact) mass is 1300 g/mol. The van der Waals surface area contributed by atoms with Crippen molar-refractivity contribution in [2.45, 2.75) is 173 Å². The van der Waals surface area contributed by atoms with Crippen LogP contribution in [-0.4, -0.2) is 199 Å². The van der Waals surface area contributed by atoms with E-state index in [4.69, 9.17) is 26.1 Å². The van der Waals surface area contributed by atoms with Crippen molar-refractivity contribution < 1.29 is 72.8 Å². The van der Waals surface area contributed by atoms with Gasteiger partial charge in [-0.2, -0.15) is 0 Å². The molecule has 508 valence electrons. The number of phenols is 1. The van der Waals surface area contributed by atoms with E-state index in [1.54, 1.807) is 58.2 Å². The van der Waals surface area contributed by atoms with Crippen molar-refractivity contribution in [1.29, 1.82) is 0 Å². The minimum Gasteiger partial charge on any atom is -0.508 e. The number of nitrogens with zero attached hydrogens (tertiary/aromatic N) is 3. The first kappa shape index (κ1) is 74.1. The molecule has 10 amide bonds. The number of carbonyl (C=O) groups excluding carboxylic acids is 10. The molecule has 0 saturated carbocycles. The lowest BCUT2D eigenvalue weighted by Gasteiger charge is -2.31. The fourth-order valence-corrected chi connectivity index (χ4v) is 10.3. The Balaban J connectivity index is 0.00000380. The summed E-state index contributed by atoms with van der Waals surface area (Å²) in [5.41, 5.74) is 12.4. The second-order valence-electron chi connectivity index (χ2n) is 24.1. The van der Waals surface area contributed by atoms with Crippen LogP contribution in [0.5, 0.6) is 5.75 Å². The van der Waals surface area contributed by atoms with Gasteiger partial charge < -0.3 is 94.2 Å². The Hall–Kier alpha value is -9.65. The molecule has 2 aliphatic heterocycles. The molecule has 6 rings (SSSR count). The average Bonchev–Trinajstić information content (AvgIpc) is 1.78. The molecule has 31 heteroatoms. The number of H-pyrrole nitrogens is 2. The van der Waals surface area contributed by atoms with Crippen LogP contribution in [-0.2, 0) is 76.7 Å². The number of aromatic hydroxyl groups is 1. The van der Waals surface area contributed by atoms with E-state index in [1.165, 1.54) is 41.7 Å². The number of aliphatic carboxylic acids is 1. The number of carboxylic acid groups (broad SMARTS) is 1. The number of hydrogen-bond donors (Lipinski definition) is 16. The third-order valence-electron chi connectivity index (χ3n) is 14.9. The Morgan fingerprint density at radius 1 is 0.753 bits per heavy atom. The number of aliphatic hydroxyl groups excluding tert-OH is 1. The quantitative estimate of drug-likeness (QED) is 0.0149. The van der Waals surface area contributed by atoms with Crippen molar-refractivity contribution >= 4 is 81.9 Å². The smallest absolute Gasteiger partial charge is 0.300 e. The number of nitrogens with one attached hydrogen (secondary N) is 11. The number of carbonyl (C=O) groups is 11. The molecule has 0 aliphatic carbocycles. The van der Waals surface area contributed by atoms with E-state index in [9.17, 15) is 58.2 Å². The highest BCUT2D eigenvalue weighted by Crippen LogP contribution is 2.22. The van der Waals surface area contributed by atoms with Crippen LogP contribution in [0.4, 0.5) is 0 Å². The molecule has 4 aromatic rings. The van der Waals surface area contributed by atoms with Gasteiger partial charge in [-0.1, -0.05) is 44.2 Å². The number of guanidine groups is 1. The molecule has 31 nitrogen and oxygen atoms in total. The van der Waals surface area contributed by atoms with Gasteiger partial charge in [0.15, 0.2) is 5.96 Å². The fraction of sp³-hybridized carbons (Fsp3) is 0.532. The van der Waals surface area contributed by atoms with Crippen molar-refractivity contribution in [3.63, 3.8) is 0 Å². The lowest BCUT2D eigenvalue weighted by atomic mass is 10.0. The van der Waals surface area contributed by atoms with Gasteiger partial charge in [0.05, 0.1) is 25.1 Å². The number of aliphatic hydroxyl groups is 1. The Morgan fingerprint density at radius 2 is 1.33 bits per heavy atom. The number of likely N-dealkylation sites (N-methyl/N-ethyl adjacent to an activating group) is 1. The standard InChI is InChI=1S/C60H86N16O13.C2H4O2/c1-7-64-57(87)48-15-11-23-76(48)58(88)41(14-10-22-65-59(61)62)69-51(81)42(24-33(2)3)70-56(86)47(31-89-60(4,5)6)75-52(82)43(25-34-16-18-37(78)19-17-34)71-55(85)46(30-77)74-53(83)44(26-35-28-66-39-13-9-8-12-38(35)39)72-54(84)45(27-36-29-63-32-67-36)73-50(80)40-20-21-49(79)68-40;1-2(3)4/h8-9,12-13,16-19,28-29,32-33,40-48,66,77-78H,7,10-11,14-15,20-27,30-31H2,1-6H3,(H,63,67)(H,64,87)(H,68,79)(H,69,81)(H,70,86)(H,71,85)(H,72,84)(H,73,80)(H,74,83)(H,75,82)(H4,61,62,65);1H3,(H,3,4)/t40-,41-,42-,43+,44-,45-,46-,47+,48-;/m0./s1. The Morgan fingerprint density at radius 3 is 1.92 bits per heavy atom. The zero-order valence-electron chi connectivity index (χ0n) is 53.5. The van der Waals surface area contributed by atoms with Gasteiger partial charge in [0.25, 0.3) is 5.97 Å². The lowest BCUT2D eigenvalue weighted by Crippen LogP contribution is -2.62. The van der Waals surface area contributed by atoms with Gasteiger partial charge in [0, 0.05) is 81.2 Å². The number of carboxylic acids is 1. The zero-order valence-corrected chi connectivity index (χ0v) is 53.5.